The van der Waals surface area contributed by atoms with E-state index in [1.165, 1.54) is 0 Å². The van der Waals surface area contributed by atoms with Gasteiger partial charge in [0.2, 0.25) is 0 Å². The van der Waals surface area contributed by atoms with Crippen LogP contribution in [0.15, 0.2) is 0 Å². The molecule has 3 heteroatoms. The third-order valence-corrected chi connectivity index (χ3v) is 2.21. The molecule has 0 aromatic rings. The van der Waals surface area contributed by atoms with Crippen molar-refractivity contribution in [3.63, 3.8) is 0 Å². The van der Waals surface area contributed by atoms with Gasteiger partial charge >= 0.3 is 0 Å². The summed E-state index contributed by atoms with van der Waals surface area (Å²) in [5, 5.41) is 0. The highest BCUT2D eigenvalue weighted by Crippen LogP contribution is 2.25. The maximum atomic E-state index is 11.1. The smallest absolute Gasteiger partial charge is 0.158 e. The number of ether oxygens (including phenoxy) is 1. The quantitative estimate of drug-likeness (QED) is 0.654. The van der Waals surface area contributed by atoms with Crippen molar-refractivity contribution in [3.05, 3.63) is 0 Å². The molecule has 0 aromatic heterocycles. The van der Waals surface area contributed by atoms with Crippen molar-refractivity contribution >= 4 is 5.78 Å². The fraction of sp³-hybridized carbons (Fsp3) is 0.900. The Kier molecular flexibility index (Phi) is 5.91. The van der Waals surface area contributed by atoms with Crippen molar-refractivity contribution in [2.24, 2.45) is 11.1 Å². The van der Waals surface area contributed by atoms with Crippen molar-refractivity contribution in [2.45, 2.75) is 33.1 Å². The Bertz CT molecular complexity index is 155. The SMILES string of the molecule is COCC(=O)CCC(C)(C)CCN. The lowest BCUT2D eigenvalue weighted by Crippen LogP contribution is -2.19. The van der Waals surface area contributed by atoms with Gasteiger partial charge in [-0.05, 0) is 24.8 Å². The average molecular weight is 187 g/mol. The van der Waals surface area contributed by atoms with Gasteiger partial charge in [0, 0.05) is 13.5 Å². The first kappa shape index (κ1) is 12.6. The predicted molar refractivity (Wildman–Crippen MR) is 53.6 cm³/mol. The van der Waals surface area contributed by atoms with Crippen LogP contribution in [0, 0.1) is 5.41 Å². The second kappa shape index (κ2) is 6.11. The first-order chi connectivity index (χ1) is 6.02. The van der Waals surface area contributed by atoms with Gasteiger partial charge in [-0.2, -0.15) is 0 Å². The number of rotatable bonds is 7. The molecule has 0 saturated heterocycles. The molecule has 0 unspecified atom stereocenters. The lowest BCUT2D eigenvalue weighted by atomic mass is 9.84. The molecule has 0 amide bonds. The molecule has 0 saturated carbocycles. The summed E-state index contributed by atoms with van der Waals surface area (Å²) in [5.74, 6) is 0.174. The van der Waals surface area contributed by atoms with Gasteiger partial charge in [-0.3, -0.25) is 4.79 Å². The van der Waals surface area contributed by atoms with Crippen LogP contribution in [0.5, 0.6) is 0 Å². The molecule has 0 heterocycles. The largest absolute Gasteiger partial charge is 0.377 e. The van der Waals surface area contributed by atoms with E-state index in [4.69, 9.17) is 10.5 Å². The second-order valence-corrected chi connectivity index (χ2v) is 4.17. The molecular formula is C10H21NO2. The fourth-order valence-electron chi connectivity index (χ4n) is 1.23. The first-order valence-electron chi connectivity index (χ1n) is 4.72. The molecule has 0 bridgehead atoms. The van der Waals surface area contributed by atoms with E-state index >= 15 is 0 Å². The molecule has 0 radical (unpaired) electrons. The van der Waals surface area contributed by atoms with Crippen LogP contribution < -0.4 is 5.73 Å². The number of ketones is 1. The molecule has 3 nitrogen and oxygen atoms in total. The molecule has 0 aromatic carbocycles. The van der Waals surface area contributed by atoms with Crippen LogP contribution in [0.25, 0.3) is 0 Å². The molecular weight excluding hydrogens is 166 g/mol. The van der Waals surface area contributed by atoms with E-state index in [-0.39, 0.29) is 17.8 Å². The average Bonchev–Trinajstić information content (AvgIpc) is 2.02. The number of Topliss-reactive ketones (excluding diaryl/α,β-unsaturated/α-hetero) is 1. The third-order valence-electron chi connectivity index (χ3n) is 2.21. The van der Waals surface area contributed by atoms with Gasteiger partial charge in [0.05, 0.1) is 0 Å². The van der Waals surface area contributed by atoms with E-state index < -0.39 is 0 Å². The first-order valence-corrected chi connectivity index (χ1v) is 4.72. The van der Waals surface area contributed by atoms with Crippen molar-refractivity contribution in [3.8, 4) is 0 Å². The van der Waals surface area contributed by atoms with Crippen molar-refractivity contribution in [2.75, 3.05) is 20.3 Å². The van der Waals surface area contributed by atoms with E-state index in [0.29, 0.717) is 13.0 Å². The normalized spacial score (nSPS) is 11.7. The van der Waals surface area contributed by atoms with Gasteiger partial charge in [0.15, 0.2) is 5.78 Å². The molecule has 78 valence electrons. The van der Waals surface area contributed by atoms with Crippen molar-refractivity contribution < 1.29 is 9.53 Å². The van der Waals surface area contributed by atoms with Crippen molar-refractivity contribution in [1.82, 2.24) is 0 Å². The summed E-state index contributed by atoms with van der Waals surface area (Å²) in [6.45, 7) is 5.20. The van der Waals surface area contributed by atoms with Crippen LogP contribution in [-0.4, -0.2) is 26.0 Å². The summed E-state index contributed by atoms with van der Waals surface area (Å²) in [6, 6.07) is 0. The minimum Gasteiger partial charge on any atom is -0.377 e. The van der Waals surface area contributed by atoms with E-state index in [0.717, 1.165) is 12.8 Å². The summed E-state index contributed by atoms with van der Waals surface area (Å²) >= 11 is 0. The minimum absolute atomic E-state index is 0.174. The van der Waals surface area contributed by atoms with Crippen LogP contribution in [0.3, 0.4) is 0 Å². The van der Waals surface area contributed by atoms with E-state index in [1.807, 2.05) is 0 Å². The number of hydrogen-bond donors (Lipinski definition) is 1. The van der Waals surface area contributed by atoms with Gasteiger partial charge in [-0.15, -0.1) is 0 Å². The summed E-state index contributed by atoms with van der Waals surface area (Å²) in [6.07, 6.45) is 2.46. The highest BCUT2D eigenvalue weighted by atomic mass is 16.5. The Morgan fingerprint density at radius 2 is 2.00 bits per heavy atom. The third kappa shape index (κ3) is 6.72. The molecule has 0 atom stereocenters. The predicted octanol–water partition coefficient (Wildman–Crippen LogP) is 1.36. The van der Waals surface area contributed by atoms with E-state index in [1.54, 1.807) is 7.11 Å². The summed E-state index contributed by atoms with van der Waals surface area (Å²) in [5.41, 5.74) is 5.65. The number of carbonyl (C=O) groups excluding carboxylic acids is 1. The van der Waals surface area contributed by atoms with Crippen LogP contribution in [-0.2, 0) is 9.53 Å². The van der Waals surface area contributed by atoms with Crippen LogP contribution >= 0.6 is 0 Å². The Labute approximate surface area is 80.6 Å². The van der Waals surface area contributed by atoms with Gasteiger partial charge in [0.1, 0.15) is 6.61 Å². The lowest BCUT2D eigenvalue weighted by molar-refractivity contribution is -0.123. The Morgan fingerprint density at radius 1 is 1.38 bits per heavy atom. The van der Waals surface area contributed by atoms with Crippen molar-refractivity contribution in [1.29, 1.82) is 0 Å². The molecule has 0 aliphatic heterocycles. The number of methoxy groups -OCH3 is 1. The Balaban J connectivity index is 3.67. The Hall–Kier alpha value is -0.410. The molecule has 0 spiro atoms. The zero-order valence-corrected chi connectivity index (χ0v) is 8.93. The molecule has 0 aliphatic carbocycles. The summed E-state index contributed by atoms with van der Waals surface area (Å²) < 4.78 is 4.75. The molecule has 0 fully saturated rings. The number of hydrogen-bond acceptors (Lipinski definition) is 3. The zero-order valence-electron chi connectivity index (χ0n) is 8.93. The molecule has 0 rings (SSSR count). The fourth-order valence-corrected chi connectivity index (χ4v) is 1.23. The standard InChI is InChI=1S/C10H21NO2/c1-10(2,6-7-11)5-4-9(12)8-13-3/h4-8,11H2,1-3H3. The number of carbonyl (C=O) groups is 1. The highest BCUT2D eigenvalue weighted by Gasteiger charge is 2.17. The highest BCUT2D eigenvalue weighted by molar-refractivity contribution is 5.79. The van der Waals surface area contributed by atoms with Crippen LogP contribution in [0.2, 0.25) is 0 Å². The molecule has 2 N–H and O–H groups in total. The van der Waals surface area contributed by atoms with Gasteiger partial charge in [-0.25, -0.2) is 0 Å². The molecule has 13 heavy (non-hydrogen) atoms. The maximum Gasteiger partial charge on any atom is 0.158 e. The second-order valence-electron chi connectivity index (χ2n) is 4.17. The topological polar surface area (TPSA) is 52.3 Å². The number of nitrogens with two attached hydrogens (primary N) is 1. The Morgan fingerprint density at radius 3 is 2.46 bits per heavy atom. The maximum absolute atomic E-state index is 11.1. The lowest BCUT2D eigenvalue weighted by Gasteiger charge is -2.23. The van der Waals surface area contributed by atoms with Gasteiger partial charge in [0.25, 0.3) is 0 Å². The molecule has 0 aliphatic rings. The van der Waals surface area contributed by atoms with Crippen LogP contribution in [0.4, 0.5) is 0 Å². The zero-order chi connectivity index (χ0) is 10.3. The minimum atomic E-state index is 0.174. The van der Waals surface area contributed by atoms with E-state index in [2.05, 4.69) is 13.8 Å². The summed E-state index contributed by atoms with van der Waals surface area (Å²) in [4.78, 5) is 11.1. The van der Waals surface area contributed by atoms with E-state index in [9.17, 15) is 4.79 Å². The van der Waals surface area contributed by atoms with Gasteiger partial charge in [-0.1, -0.05) is 13.8 Å². The monoisotopic (exact) mass is 187 g/mol. The summed E-state index contributed by atoms with van der Waals surface area (Å²) in [7, 11) is 1.54. The van der Waals surface area contributed by atoms with Crippen LogP contribution in [0.1, 0.15) is 33.1 Å². The van der Waals surface area contributed by atoms with Gasteiger partial charge < -0.3 is 10.5 Å².